The zero-order chi connectivity index (χ0) is 12.8. The van der Waals surface area contributed by atoms with Gasteiger partial charge in [0.05, 0.1) is 10.4 Å². The molecule has 6 heteroatoms. The van der Waals surface area contributed by atoms with Crippen LogP contribution in [0.5, 0.6) is 0 Å². The average Bonchev–Trinajstić information content (AvgIpc) is 2.95. The maximum absolute atomic E-state index is 11.7. The molecule has 1 N–H and O–H groups in total. The molecule has 1 saturated heterocycles. The van der Waals surface area contributed by atoms with Gasteiger partial charge in [-0.2, -0.15) is 0 Å². The van der Waals surface area contributed by atoms with Crippen LogP contribution in [-0.4, -0.2) is 31.2 Å². The van der Waals surface area contributed by atoms with Crippen molar-refractivity contribution in [2.45, 2.75) is 23.8 Å². The van der Waals surface area contributed by atoms with Gasteiger partial charge in [0, 0.05) is 12.9 Å². The Morgan fingerprint density at radius 2 is 2.28 bits per heavy atom. The van der Waals surface area contributed by atoms with E-state index in [0.29, 0.717) is 5.52 Å². The Morgan fingerprint density at radius 1 is 1.44 bits per heavy atom. The summed E-state index contributed by atoms with van der Waals surface area (Å²) in [6.07, 6.45) is 3.10. The van der Waals surface area contributed by atoms with Crippen LogP contribution in [0.15, 0.2) is 23.1 Å². The number of aromatic amines is 1. The molecule has 2 heterocycles. The van der Waals surface area contributed by atoms with Crippen molar-refractivity contribution >= 4 is 20.9 Å². The van der Waals surface area contributed by atoms with Crippen LogP contribution in [0.4, 0.5) is 0 Å². The maximum atomic E-state index is 11.7. The van der Waals surface area contributed by atoms with Crippen molar-refractivity contribution in [3.8, 4) is 0 Å². The summed E-state index contributed by atoms with van der Waals surface area (Å²) in [4.78, 5) is 7.82. The van der Waals surface area contributed by atoms with Crippen LogP contribution in [0.1, 0.15) is 24.8 Å². The van der Waals surface area contributed by atoms with Gasteiger partial charge in [-0.1, -0.05) is 6.07 Å². The molecule has 3 rings (SSSR count). The fourth-order valence-corrected chi connectivity index (χ4v) is 3.10. The van der Waals surface area contributed by atoms with Crippen LogP contribution in [0.3, 0.4) is 0 Å². The van der Waals surface area contributed by atoms with E-state index in [1.807, 2.05) is 6.07 Å². The fraction of sp³-hybridized carbons (Fsp3) is 0.417. The first-order chi connectivity index (χ1) is 8.55. The standard InChI is InChI=1S/C12H14N2O3S/c1-18(15,16)10-6-2-4-8-11(10)14-12(13-8)9-5-3-7-17-9/h2,4,6,9H,3,5,7H2,1H3,(H,13,14). The Kier molecular flexibility index (Phi) is 2.64. The summed E-state index contributed by atoms with van der Waals surface area (Å²) in [7, 11) is -3.26. The molecule has 0 saturated carbocycles. The van der Waals surface area contributed by atoms with E-state index in [0.717, 1.165) is 30.8 Å². The predicted octanol–water partition coefficient (Wildman–Crippen LogP) is 1.82. The minimum Gasteiger partial charge on any atom is -0.370 e. The number of rotatable bonds is 2. The van der Waals surface area contributed by atoms with E-state index in [1.54, 1.807) is 12.1 Å². The number of H-pyrrole nitrogens is 1. The third kappa shape index (κ3) is 1.91. The molecule has 1 fully saturated rings. The number of nitrogens with one attached hydrogen (secondary N) is 1. The van der Waals surface area contributed by atoms with Crippen LogP contribution in [0.2, 0.25) is 0 Å². The van der Waals surface area contributed by atoms with E-state index in [4.69, 9.17) is 4.74 Å². The lowest BCUT2D eigenvalue weighted by Crippen LogP contribution is -1.99. The van der Waals surface area contributed by atoms with Gasteiger partial charge in [-0.05, 0) is 25.0 Å². The van der Waals surface area contributed by atoms with Crippen LogP contribution in [0, 0.1) is 0 Å². The lowest BCUT2D eigenvalue weighted by Gasteiger charge is -2.03. The molecule has 18 heavy (non-hydrogen) atoms. The number of nitrogens with zero attached hydrogens (tertiary/aromatic N) is 1. The molecule has 96 valence electrons. The summed E-state index contributed by atoms with van der Waals surface area (Å²) in [5.74, 6) is 0.721. The van der Waals surface area contributed by atoms with E-state index in [1.165, 1.54) is 6.26 Å². The predicted molar refractivity (Wildman–Crippen MR) is 67.1 cm³/mol. The minimum absolute atomic E-state index is 0.0372. The molecule has 2 aromatic rings. The Balaban J connectivity index is 2.17. The molecule has 1 aromatic carbocycles. The highest BCUT2D eigenvalue weighted by molar-refractivity contribution is 7.91. The van der Waals surface area contributed by atoms with E-state index in [2.05, 4.69) is 9.97 Å². The Labute approximate surface area is 105 Å². The second kappa shape index (κ2) is 4.07. The number of imidazole rings is 1. The second-order valence-electron chi connectivity index (χ2n) is 4.55. The Bertz CT molecular complexity index is 684. The van der Waals surface area contributed by atoms with Crippen molar-refractivity contribution in [3.05, 3.63) is 24.0 Å². The maximum Gasteiger partial charge on any atom is 0.177 e. The van der Waals surface area contributed by atoms with Gasteiger partial charge in [-0.25, -0.2) is 13.4 Å². The van der Waals surface area contributed by atoms with Gasteiger partial charge in [-0.15, -0.1) is 0 Å². The van der Waals surface area contributed by atoms with E-state index < -0.39 is 9.84 Å². The van der Waals surface area contributed by atoms with Crippen molar-refractivity contribution < 1.29 is 13.2 Å². The summed E-state index contributed by atoms with van der Waals surface area (Å²) in [5, 5.41) is 0. The summed E-state index contributed by atoms with van der Waals surface area (Å²) in [6.45, 7) is 0.737. The number of fused-ring (bicyclic) bond motifs is 1. The minimum atomic E-state index is -3.26. The molecule has 0 amide bonds. The lowest BCUT2D eigenvalue weighted by molar-refractivity contribution is 0.106. The average molecular weight is 266 g/mol. The quantitative estimate of drug-likeness (QED) is 0.900. The Hall–Kier alpha value is -1.40. The summed E-state index contributed by atoms with van der Waals surface area (Å²) in [5.41, 5.74) is 1.24. The van der Waals surface area contributed by atoms with Gasteiger partial charge in [0.15, 0.2) is 9.84 Å². The third-order valence-electron chi connectivity index (χ3n) is 3.13. The Morgan fingerprint density at radius 3 is 2.94 bits per heavy atom. The third-order valence-corrected chi connectivity index (χ3v) is 4.26. The van der Waals surface area contributed by atoms with Gasteiger partial charge in [0.2, 0.25) is 0 Å². The topological polar surface area (TPSA) is 72.0 Å². The fourth-order valence-electron chi connectivity index (χ4n) is 2.27. The SMILES string of the molecule is CS(=O)(=O)c1cccc2[nH]c(C3CCCO3)nc12. The molecule has 1 aliphatic rings. The molecular formula is C12H14N2O3S. The summed E-state index contributed by atoms with van der Waals surface area (Å²) in [6, 6.07) is 5.13. The number of sulfone groups is 1. The van der Waals surface area contributed by atoms with Crippen molar-refractivity contribution in [1.29, 1.82) is 0 Å². The second-order valence-corrected chi connectivity index (χ2v) is 6.53. The molecule has 5 nitrogen and oxygen atoms in total. The lowest BCUT2D eigenvalue weighted by atomic mass is 10.2. The molecule has 0 aliphatic carbocycles. The number of benzene rings is 1. The smallest absolute Gasteiger partial charge is 0.177 e. The number of hydrogen-bond donors (Lipinski definition) is 1. The molecule has 1 aromatic heterocycles. The van der Waals surface area contributed by atoms with Crippen molar-refractivity contribution in [2.75, 3.05) is 12.9 Å². The number of ether oxygens (including phenoxy) is 1. The largest absolute Gasteiger partial charge is 0.370 e. The van der Waals surface area contributed by atoms with Crippen molar-refractivity contribution in [1.82, 2.24) is 9.97 Å². The molecule has 0 spiro atoms. The monoisotopic (exact) mass is 266 g/mol. The van der Waals surface area contributed by atoms with Gasteiger partial charge in [0.1, 0.15) is 17.4 Å². The zero-order valence-corrected chi connectivity index (χ0v) is 10.8. The highest BCUT2D eigenvalue weighted by Gasteiger charge is 2.23. The van der Waals surface area contributed by atoms with E-state index in [-0.39, 0.29) is 11.0 Å². The van der Waals surface area contributed by atoms with Crippen LogP contribution >= 0.6 is 0 Å². The molecule has 1 unspecified atom stereocenters. The summed E-state index contributed by atoms with van der Waals surface area (Å²) >= 11 is 0. The van der Waals surface area contributed by atoms with Gasteiger partial charge >= 0.3 is 0 Å². The van der Waals surface area contributed by atoms with Gasteiger partial charge in [0.25, 0.3) is 0 Å². The van der Waals surface area contributed by atoms with Crippen LogP contribution in [0.25, 0.3) is 11.0 Å². The number of aromatic nitrogens is 2. The molecule has 0 bridgehead atoms. The molecular weight excluding hydrogens is 252 g/mol. The van der Waals surface area contributed by atoms with Gasteiger partial charge < -0.3 is 9.72 Å². The zero-order valence-electron chi connectivity index (χ0n) is 10.0. The van der Waals surface area contributed by atoms with Gasteiger partial charge in [-0.3, -0.25) is 0 Å². The number of hydrogen-bond acceptors (Lipinski definition) is 4. The van der Waals surface area contributed by atoms with E-state index in [9.17, 15) is 8.42 Å². The number of para-hydroxylation sites is 1. The van der Waals surface area contributed by atoms with E-state index >= 15 is 0 Å². The van der Waals surface area contributed by atoms with Crippen LogP contribution in [-0.2, 0) is 14.6 Å². The first-order valence-electron chi connectivity index (χ1n) is 5.86. The first-order valence-corrected chi connectivity index (χ1v) is 7.75. The first kappa shape index (κ1) is 11.7. The molecule has 0 radical (unpaired) electrons. The van der Waals surface area contributed by atoms with Crippen molar-refractivity contribution in [3.63, 3.8) is 0 Å². The van der Waals surface area contributed by atoms with Crippen molar-refractivity contribution in [2.24, 2.45) is 0 Å². The highest BCUT2D eigenvalue weighted by atomic mass is 32.2. The normalized spacial score (nSPS) is 20.6. The van der Waals surface area contributed by atoms with Crippen LogP contribution < -0.4 is 0 Å². The molecule has 1 aliphatic heterocycles. The summed E-state index contributed by atoms with van der Waals surface area (Å²) < 4.78 is 28.9. The highest BCUT2D eigenvalue weighted by Crippen LogP contribution is 2.29. The molecule has 1 atom stereocenters.